The number of nitrogens with zero attached hydrogens (tertiary/aromatic N) is 1. The van der Waals surface area contributed by atoms with E-state index in [0.29, 0.717) is 10.7 Å². The van der Waals surface area contributed by atoms with Crippen LogP contribution in [0.25, 0.3) is 10.8 Å². The van der Waals surface area contributed by atoms with Crippen molar-refractivity contribution in [2.75, 3.05) is 0 Å². The average molecular weight is 359 g/mol. The van der Waals surface area contributed by atoms with Crippen LogP contribution in [-0.4, -0.2) is 14.1 Å². The van der Waals surface area contributed by atoms with Gasteiger partial charge >= 0.3 is 0 Å². The number of hydrogen-bond acceptors (Lipinski definition) is 3. The maximum Gasteiger partial charge on any atom is 0.276 e. The molecule has 6 heteroatoms. The fraction of sp³-hybridized carbons (Fsp3) is 0.0556. The Morgan fingerprint density at radius 3 is 2.33 bits per heavy atom. The molecular weight excluding hydrogens is 344 g/mol. The highest BCUT2D eigenvalue weighted by Crippen LogP contribution is 2.17. The minimum Gasteiger partial charge on any atom is -0.200 e. The van der Waals surface area contributed by atoms with Gasteiger partial charge in [-0.3, -0.25) is 0 Å². The third-order valence-corrected chi connectivity index (χ3v) is 5.10. The minimum absolute atomic E-state index is 0.113. The van der Waals surface area contributed by atoms with E-state index in [-0.39, 0.29) is 4.90 Å². The highest BCUT2D eigenvalue weighted by Gasteiger charge is 2.12. The van der Waals surface area contributed by atoms with Gasteiger partial charge in [-0.1, -0.05) is 48.0 Å². The first-order chi connectivity index (χ1) is 11.5. The molecule has 0 aliphatic rings. The molecule has 3 rings (SSSR count). The molecule has 0 spiro atoms. The molecule has 0 aliphatic carbocycles. The maximum absolute atomic E-state index is 12.2. The Morgan fingerprint density at radius 1 is 0.958 bits per heavy atom. The number of benzene rings is 3. The largest absolute Gasteiger partial charge is 0.276 e. The highest BCUT2D eigenvalue weighted by atomic mass is 35.5. The van der Waals surface area contributed by atoms with E-state index in [4.69, 9.17) is 11.6 Å². The summed E-state index contributed by atoms with van der Waals surface area (Å²) in [6, 6.07) is 19.8. The molecular formula is C18H15ClN2O2S. The number of sulfonamides is 1. The number of nitrogens with one attached hydrogen (secondary N) is 1. The molecule has 0 saturated heterocycles. The molecule has 24 heavy (non-hydrogen) atoms. The predicted octanol–water partition coefficient (Wildman–Crippen LogP) is 4.20. The van der Waals surface area contributed by atoms with Crippen molar-refractivity contribution in [1.82, 2.24) is 4.83 Å². The first-order valence-electron chi connectivity index (χ1n) is 7.26. The molecule has 122 valence electrons. The molecule has 0 amide bonds. The van der Waals surface area contributed by atoms with Crippen LogP contribution >= 0.6 is 11.6 Å². The third kappa shape index (κ3) is 3.58. The van der Waals surface area contributed by atoms with Crippen LogP contribution in [0.3, 0.4) is 0 Å². The fourth-order valence-electron chi connectivity index (χ4n) is 2.27. The zero-order valence-electron chi connectivity index (χ0n) is 12.9. The Morgan fingerprint density at radius 2 is 1.62 bits per heavy atom. The number of hydrogen-bond donors (Lipinski definition) is 1. The first kappa shape index (κ1) is 16.5. The molecule has 0 heterocycles. The zero-order valence-corrected chi connectivity index (χ0v) is 14.5. The van der Waals surface area contributed by atoms with Gasteiger partial charge in [0, 0.05) is 5.02 Å². The molecule has 0 bridgehead atoms. The molecule has 0 atom stereocenters. The Labute approximate surface area is 145 Å². The van der Waals surface area contributed by atoms with Crippen LogP contribution in [0, 0.1) is 0 Å². The van der Waals surface area contributed by atoms with E-state index < -0.39 is 10.0 Å². The summed E-state index contributed by atoms with van der Waals surface area (Å²) in [5, 5.41) is 6.69. The summed E-state index contributed by atoms with van der Waals surface area (Å²) in [4.78, 5) is 2.37. The summed E-state index contributed by atoms with van der Waals surface area (Å²) in [5.41, 5.74) is 1.44. The van der Waals surface area contributed by atoms with Gasteiger partial charge < -0.3 is 0 Å². The molecule has 0 aliphatic heterocycles. The molecule has 0 aromatic heterocycles. The lowest BCUT2D eigenvalue weighted by Gasteiger charge is -2.06. The van der Waals surface area contributed by atoms with Crippen LogP contribution in [0.2, 0.25) is 5.02 Å². The van der Waals surface area contributed by atoms with E-state index in [9.17, 15) is 8.42 Å². The maximum atomic E-state index is 12.2. The van der Waals surface area contributed by atoms with Crippen LogP contribution in [0.4, 0.5) is 0 Å². The van der Waals surface area contributed by atoms with Gasteiger partial charge in [-0.05, 0) is 53.6 Å². The van der Waals surface area contributed by atoms with Crippen molar-refractivity contribution < 1.29 is 8.42 Å². The van der Waals surface area contributed by atoms with Crippen molar-refractivity contribution in [3.05, 3.63) is 77.3 Å². The quantitative estimate of drug-likeness (QED) is 0.561. The van der Waals surface area contributed by atoms with Crippen LogP contribution in [0.5, 0.6) is 0 Å². The van der Waals surface area contributed by atoms with Gasteiger partial charge in [0.15, 0.2) is 0 Å². The number of halogens is 1. The summed E-state index contributed by atoms with van der Waals surface area (Å²) in [6.45, 7) is 1.76. The fourth-order valence-corrected chi connectivity index (χ4v) is 3.26. The van der Waals surface area contributed by atoms with E-state index >= 15 is 0 Å². The molecule has 0 fully saturated rings. The van der Waals surface area contributed by atoms with Gasteiger partial charge in [0.1, 0.15) is 0 Å². The Hall–Kier alpha value is -2.37. The van der Waals surface area contributed by atoms with Gasteiger partial charge in [0.25, 0.3) is 10.0 Å². The normalized spacial score (nSPS) is 12.3. The lowest BCUT2D eigenvalue weighted by atomic mass is 10.0. The summed E-state index contributed by atoms with van der Waals surface area (Å²) < 4.78 is 24.5. The van der Waals surface area contributed by atoms with Crippen LogP contribution in [-0.2, 0) is 10.0 Å². The van der Waals surface area contributed by atoms with Gasteiger partial charge in [0.2, 0.25) is 0 Å². The molecule has 0 saturated carbocycles. The smallest absolute Gasteiger partial charge is 0.200 e. The summed E-state index contributed by atoms with van der Waals surface area (Å²) >= 11 is 5.77. The van der Waals surface area contributed by atoms with E-state index in [1.54, 1.807) is 6.92 Å². The van der Waals surface area contributed by atoms with Gasteiger partial charge in [-0.15, -0.1) is 0 Å². The summed E-state index contributed by atoms with van der Waals surface area (Å²) in [7, 11) is -3.72. The Balaban J connectivity index is 1.85. The van der Waals surface area contributed by atoms with Crippen molar-refractivity contribution in [3.63, 3.8) is 0 Å². The lowest BCUT2D eigenvalue weighted by Crippen LogP contribution is -2.19. The van der Waals surface area contributed by atoms with Crippen LogP contribution < -0.4 is 4.83 Å². The molecule has 1 N–H and O–H groups in total. The summed E-state index contributed by atoms with van der Waals surface area (Å²) in [6.07, 6.45) is 0. The lowest BCUT2D eigenvalue weighted by molar-refractivity contribution is 0.584. The van der Waals surface area contributed by atoms with Gasteiger partial charge in [-0.25, -0.2) is 0 Å². The van der Waals surface area contributed by atoms with Crippen molar-refractivity contribution in [2.24, 2.45) is 5.10 Å². The van der Waals surface area contributed by atoms with E-state index in [1.165, 1.54) is 24.3 Å². The number of rotatable bonds is 4. The molecule has 0 radical (unpaired) electrons. The third-order valence-electron chi connectivity index (χ3n) is 3.62. The molecule has 0 unspecified atom stereocenters. The predicted molar refractivity (Wildman–Crippen MR) is 97.9 cm³/mol. The first-order valence-corrected chi connectivity index (χ1v) is 9.13. The monoisotopic (exact) mass is 358 g/mol. The minimum atomic E-state index is -3.72. The van der Waals surface area contributed by atoms with Crippen molar-refractivity contribution in [2.45, 2.75) is 11.8 Å². The van der Waals surface area contributed by atoms with Crippen LogP contribution in [0.1, 0.15) is 12.5 Å². The standard InChI is InChI=1S/C18H15ClN2O2S/c1-13(15-7-6-14-4-2-3-5-16(14)12-15)20-21-24(22,23)18-10-8-17(19)9-11-18/h2-12,21H,1H3/b20-13+. The highest BCUT2D eigenvalue weighted by molar-refractivity contribution is 7.89. The van der Waals surface area contributed by atoms with Crippen LogP contribution in [0.15, 0.2) is 76.7 Å². The van der Waals surface area contributed by atoms with Crippen molar-refractivity contribution in [1.29, 1.82) is 0 Å². The Kier molecular flexibility index (Phi) is 4.55. The summed E-state index contributed by atoms with van der Waals surface area (Å²) in [5.74, 6) is 0. The number of fused-ring (bicyclic) bond motifs is 1. The zero-order chi connectivity index (χ0) is 17.2. The molecule has 4 nitrogen and oxygen atoms in total. The SMILES string of the molecule is C/C(=N\NS(=O)(=O)c1ccc(Cl)cc1)c1ccc2ccccc2c1. The topological polar surface area (TPSA) is 58.5 Å². The van der Waals surface area contributed by atoms with Gasteiger partial charge in [-0.2, -0.15) is 18.4 Å². The van der Waals surface area contributed by atoms with Crippen molar-refractivity contribution in [3.8, 4) is 0 Å². The second-order valence-electron chi connectivity index (χ2n) is 5.31. The van der Waals surface area contributed by atoms with Crippen molar-refractivity contribution >= 4 is 38.1 Å². The second-order valence-corrected chi connectivity index (χ2v) is 7.41. The van der Waals surface area contributed by atoms with E-state index in [1.807, 2.05) is 42.5 Å². The van der Waals surface area contributed by atoms with Gasteiger partial charge in [0.05, 0.1) is 10.6 Å². The Bertz CT molecular complexity index is 1010. The second kappa shape index (κ2) is 6.63. The van der Waals surface area contributed by atoms with E-state index in [2.05, 4.69) is 9.93 Å². The molecule has 3 aromatic rings. The van der Waals surface area contributed by atoms with E-state index in [0.717, 1.165) is 16.3 Å². The molecule has 3 aromatic carbocycles. The average Bonchev–Trinajstić information content (AvgIpc) is 2.59. The number of hydrazone groups is 1.